The lowest BCUT2D eigenvalue weighted by atomic mass is 10.2. The largest absolute Gasteiger partial charge is 0.445 e. The number of aromatic nitrogens is 2. The Bertz CT molecular complexity index is 811. The lowest BCUT2D eigenvalue weighted by Gasteiger charge is -2.22. The van der Waals surface area contributed by atoms with Crippen molar-refractivity contribution in [2.75, 3.05) is 6.54 Å². The van der Waals surface area contributed by atoms with Crippen LogP contribution in [0.5, 0.6) is 0 Å². The van der Waals surface area contributed by atoms with E-state index in [2.05, 4.69) is 9.97 Å². The minimum absolute atomic E-state index is 0.0410. The first-order valence-corrected chi connectivity index (χ1v) is 8.23. The van der Waals surface area contributed by atoms with Crippen molar-refractivity contribution in [1.29, 1.82) is 0 Å². The number of para-hydroxylation sites is 2. The Kier molecular flexibility index (Phi) is 3.91. The first-order valence-electron chi connectivity index (χ1n) is 8.23. The SMILES string of the molecule is O=C(OCc1ccccc1)N1CCCC1c1nc2ccccc2[nH]1. The second kappa shape index (κ2) is 6.35. The maximum Gasteiger partial charge on any atom is 0.410 e. The number of benzene rings is 2. The van der Waals surface area contributed by atoms with Gasteiger partial charge < -0.3 is 9.72 Å². The highest BCUT2D eigenvalue weighted by atomic mass is 16.6. The number of fused-ring (bicyclic) bond motifs is 1. The summed E-state index contributed by atoms with van der Waals surface area (Å²) in [5.74, 6) is 0.838. The third-order valence-electron chi connectivity index (χ3n) is 4.42. The van der Waals surface area contributed by atoms with Gasteiger partial charge in [-0.3, -0.25) is 4.90 Å². The first-order chi connectivity index (χ1) is 11.8. The van der Waals surface area contributed by atoms with Crippen LogP contribution >= 0.6 is 0 Å². The zero-order valence-corrected chi connectivity index (χ0v) is 13.3. The zero-order valence-electron chi connectivity index (χ0n) is 13.3. The Morgan fingerprint density at radius 3 is 2.79 bits per heavy atom. The van der Waals surface area contributed by atoms with Gasteiger partial charge in [0.2, 0.25) is 0 Å². The van der Waals surface area contributed by atoms with Crippen molar-refractivity contribution in [3.8, 4) is 0 Å². The molecule has 1 aromatic heterocycles. The summed E-state index contributed by atoms with van der Waals surface area (Å²) >= 11 is 0. The Morgan fingerprint density at radius 2 is 1.96 bits per heavy atom. The number of ether oxygens (including phenoxy) is 1. The van der Waals surface area contributed by atoms with Crippen LogP contribution in [0.4, 0.5) is 4.79 Å². The van der Waals surface area contributed by atoms with Gasteiger partial charge in [0.1, 0.15) is 12.4 Å². The molecule has 1 N–H and O–H groups in total. The number of hydrogen-bond donors (Lipinski definition) is 1. The summed E-state index contributed by atoms with van der Waals surface area (Å²) in [6.45, 7) is 0.998. The van der Waals surface area contributed by atoms with Crippen molar-refractivity contribution in [3.63, 3.8) is 0 Å². The molecule has 0 aliphatic carbocycles. The highest BCUT2D eigenvalue weighted by Crippen LogP contribution is 2.32. The molecule has 1 aliphatic heterocycles. The summed E-state index contributed by atoms with van der Waals surface area (Å²) in [6.07, 6.45) is 1.59. The lowest BCUT2D eigenvalue weighted by molar-refractivity contribution is 0.0910. The Balaban J connectivity index is 1.48. The van der Waals surface area contributed by atoms with Crippen molar-refractivity contribution in [2.45, 2.75) is 25.5 Å². The summed E-state index contributed by atoms with van der Waals surface area (Å²) in [5, 5.41) is 0. The van der Waals surface area contributed by atoms with Crippen LogP contribution in [0.2, 0.25) is 0 Å². The molecule has 3 aromatic rings. The quantitative estimate of drug-likeness (QED) is 0.792. The zero-order chi connectivity index (χ0) is 16.4. The fourth-order valence-corrected chi connectivity index (χ4v) is 3.20. The second-order valence-electron chi connectivity index (χ2n) is 6.03. The van der Waals surface area contributed by atoms with Crippen LogP contribution < -0.4 is 0 Å². The predicted molar refractivity (Wildman–Crippen MR) is 91.4 cm³/mol. The van der Waals surface area contributed by atoms with Crippen LogP contribution in [0, 0.1) is 0 Å². The predicted octanol–water partition coefficient (Wildman–Crippen LogP) is 4.04. The molecule has 0 saturated carbocycles. The Labute approximate surface area is 140 Å². The van der Waals surface area contributed by atoms with Crippen molar-refractivity contribution in [3.05, 3.63) is 66.0 Å². The molecule has 0 bridgehead atoms. The molecule has 1 atom stereocenters. The highest BCUT2D eigenvalue weighted by molar-refractivity contribution is 5.75. The number of carbonyl (C=O) groups is 1. The fraction of sp³-hybridized carbons (Fsp3) is 0.263. The number of nitrogens with zero attached hydrogens (tertiary/aromatic N) is 2. The van der Waals surface area contributed by atoms with E-state index in [9.17, 15) is 4.79 Å². The molecular weight excluding hydrogens is 302 g/mol. The van der Waals surface area contributed by atoms with Crippen LogP contribution in [0.15, 0.2) is 54.6 Å². The van der Waals surface area contributed by atoms with E-state index < -0.39 is 0 Å². The van der Waals surface area contributed by atoms with E-state index >= 15 is 0 Å². The number of rotatable bonds is 3. The van der Waals surface area contributed by atoms with E-state index in [1.807, 2.05) is 54.6 Å². The summed E-state index contributed by atoms with van der Waals surface area (Å²) in [6, 6.07) is 17.6. The molecule has 122 valence electrons. The fourth-order valence-electron chi connectivity index (χ4n) is 3.20. The summed E-state index contributed by atoms with van der Waals surface area (Å²) in [7, 11) is 0. The number of imidazole rings is 1. The minimum atomic E-state index is -0.276. The van der Waals surface area contributed by atoms with Gasteiger partial charge in [-0.1, -0.05) is 42.5 Å². The minimum Gasteiger partial charge on any atom is -0.445 e. The van der Waals surface area contributed by atoms with Gasteiger partial charge in [-0.2, -0.15) is 0 Å². The molecule has 0 radical (unpaired) electrons. The number of amides is 1. The molecule has 1 saturated heterocycles. The van der Waals surface area contributed by atoms with Gasteiger partial charge in [-0.05, 0) is 30.5 Å². The van der Waals surface area contributed by atoms with Gasteiger partial charge in [0.15, 0.2) is 0 Å². The van der Waals surface area contributed by atoms with Gasteiger partial charge in [-0.15, -0.1) is 0 Å². The molecule has 1 fully saturated rings. The maximum atomic E-state index is 12.5. The van der Waals surface area contributed by atoms with E-state index in [4.69, 9.17) is 4.74 Å². The molecule has 5 heteroatoms. The van der Waals surface area contributed by atoms with Crippen LogP contribution in [-0.4, -0.2) is 27.5 Å². The van der Waals surface area contributed by atoms with Crippen LogP contribution in [0.25, 0.3) is 11.0 Å². The molecule has 5 nitrogen and oxygen atoms in total. The lowest BCUT2D eigenvalue weighted by Crippen LogP contribution is -2.31. The molecule has 0 spiro atoms. The third kappa shape index (κ3) is 2.85. The molecular formula is C19H19N3O2. The third-order valence-corrected chi connectivity index (χ3v) is 4.42. The van der Waals surface area contributed by atoms with Gasteiger partial charge in [0.25, 0.3) is 0 Å². The van der Waals surface area contributed by atoms with Crippen LogP contribution in [0.1, 0.15) is 30.3 Å². The molecule has 24 heavy (non-hydrogen) atoms. The topological polar surface area (TPSA) is 58.2 Å². The van der Waals surface area contributed by atoms with Gasteiger partial charge in [0.05, 0.1) is 17.1 Å². The highest BCUT2D eigenvalue weighted by Gasteiger charge is 2.33. The maximum absolute atomic E-state index is 12.5. The first kappa shape index (κ1) is 14.8. The summed E-state index contributed by atoms with van der Waals surface area (Å²) in [5.41, 5.74) is 2.92. The number of nitrogens with one attached hydrogen (secondary N) is 1. The molecule has 1 unspecified atom stereocenters. The Hall–Kier alpha value is -2.82. The van der Waals surface area contributed by atoms with Gasteiger partial charge in [-0.25, -0.2) is 9.78 Å². The van der Waals surface area contributed by atoms with Gasteiger partial charge >= 0.3 is 6.09 Å². The molecule has 4 rings (SSSR count). The summed E-state index contributed by atoms with van der Waals surface area (Å²) in [4.78, 5) is 22.2. The van der Waals surface area contributed by atoms with E-state index in [0.29, 0.717) is 13.2 Å². The van der Waals surface area contributed by atoms with Crippen molar-refractivity contribution in [1.82, 2.24) is 14.9 Å². The van der Waals surface area contributed by atoms with Crippen molar-refractivity contribution >= 4 is 17.1 Å². The summed E-state index contributed by atoms with van der Waals surface area (Å²) < 4.78 is 5.48. The number of likely N-dealkylation sites (tertiary alicyclic amines) is 1. The molecule has 1 amide bonds. The average molecular weight is 321 g/mol. The van der Waals surface area contributed by atoms with E-state index in [1.54, 1.807) is 4.90 Å². The molecule has 1 aliphatic rings. The van der Waals surface area contributed by atoms with Crippen LogP contribution in [-0.2, 0) is 11.3 Å². The van der Waals surface area contributed by atoms with Gasteiger partial charge in [0, 0.05) is 6.54 Å². The molecule has 2 aromatic carbocycles. The number of hydrogen-bond acceptors (Lipinski definition) is 3. The average Bonchev–Trinajstić information content (AvgIpc) is 3.26. The number of carbonyl (C=O) groups excluding carboxylic acids is 1. The second-order valence-corrected chi connectivity index (χ2v) is 6.03. The Morgan fingerprint density at radius 1 is 1.17 bits per heavy atom. The smallest absolute Gasteiger partial charge is 0.410 e. The van der Waals surface area contributed by atoms with Crippen LogP contribution in [0.3, 0.4) is 0 Å². The van der Waals surface area contributed by atoms with Crippen molar-refractivity contribution < 1.29 is 9.53 Å². The molecule has 2 heterocycles. The van der Waals surface area contributed by atoms with E-state index in [-0.39, 0.29) is 12.1 Å². The standard InChI is InChI=1S/C19H19N3O2/c23-19(24-13-14-7-2-1-3-8-14)22-12-6-11-17(22)18-20-15-9-4-5-10-16(15)21-18/h1-5,7-10,17H,6,11-13H2,(H,20,21). The van der Waals surface area contributed by atoms with Crippen molar-refractivity contribution in [2.24, 2.45) is 0 Å². The van der Waals surface area contributed by atoms with E-state index in [0.717, 1.165) is 35.3 Å². The monoisotopic (exact) mass is 321 g/mol. The number of aromatic amines is 1. The van der Waals surface area contributed by atoms with E-state index in [1.165, 1.54) is 0 Å². The number of H-pyrrole nitrogens is 1. The normalized spacial score (nSPS) is 17.3.